The Morgan fingerprint density at radius 3 is 3.15 bits per heavy atom. The molecule has 0 aliphatic carbocycles. The van der Waals surface area contributed by atoms with Gasteiger partial charge in [-0.05, 0) is 5.92 Å². The fourth-order valence-electron chi connectivity index (χ4n) is 1.35. The van der Waals surface area contributed by atoms with Crippen molar-refractivity contribution >= 4 is 38.3 Å². The molecule has 1 aliphatic rings. The van der Waals surface area contributed by atoms with Crippen molar-refractivity contribution in [3.05, 3.63) is 5.51 Å². The van der Waals surface area contributed by atoms with E-state index in [1.807, 2.05) is 0 Å². The number of hydrogen-bond acceptors (Lipinski definition) is 4. The number of aromatic nitrogens is 2. The number of rotatable bonds is 2. The molecule has 0 aromatic carbocycles. The summed E-state index contributed by atoms with van der Waals surface area (Å²) in [5.41, 5.74) is 1.64. The van der Waals surface area contributed by atoms with E-state index in [2.05, 4.69) is 26.1 Å². The minimum Gasteiger partial charge on any atom is -0.286 e. The smallest absolute Gasteiger partial charge is 0.229 e. The standard InChI is InChI=1S/C7H8BrN3OS/c8-2-5-1-6(12)11(3-5)7-10-9-4-13-7/h4-5H,1-3H2. The van der Waals surface area contributed by atoms with Crippen molar-refractivity contribution in [2.75, 3.05) is 16.8 Å². The number of carbonyl (C=O) groups is 1. The second-order valence-electron chi connectivity index (χ2n) is 2.95. The summed E-state index contributed by atoms with van der Waals surface area (Å²) in [5, 5.41) is 9.18. The monoisotopic (exact) mass is 261 g/mol. The molecular weight excluding hydrogens is 254 g/mol. The van der Waals surface area contributed by atoms with Gasteiger partial charge in [0.25, 0.3) is 0 Å². The van der Waals surface area contributed by atoms with Gasteiger partial charge >= 0.3 is 0 Å². The first-order valence-corrected chi connectivity index (χ1v) is 5.94. The predicted molar refractivity (Wildman–Crippen MR) is 54.2 cm³/mol. The third-order valence-corrected chi connectivity index (χ3v) is 3.63. The maximum Gasteiger partial charge on any atom is 0.229 e. The Morgan fingerprint density at radius 2 is 2.62 bits per heavy atom. The minimum absolute atomic E-state index is 0.154. The van der Waals surface area contributed by atoms with Crippen molar-refractivity contribution in [3.63, 3.8) is 0 Å². The lowest BCUT2D eigenvalue weighted by Gasteiger charge is -2.10. The molecule has 4 nitrogen and oxygen atoms in total. The molecule has 1 unspecified atom stereocenters. The van der Waals surface area contributed by atoms with E-state index in [1.54, 1.807) is 10.4 Å². The van der Waals surface area contributed by atoms with Crippen molar-refractivity contribution in [2.24, 2.45) is 5.92 Å². The van der Waals surface area contributed by atoms with E-state index in [0.29, 0.717) is 17.5 Å². The summed E-state index contributed by atoms with van der Waals surface area (Å²) in [5.74, 6) is 0.567. The van der Waals surface area contributed by atoms with Gasteiger partial charge in [0.2, 0.25) is 11.0 Å². The zero-order valence-electron chi connectivity index (χ0n) is 6.81. The fraction of sp³-hybridized carbons (Fsp3) is 0.571. The molecule has 1 aromatic heterocycles. The Kier molecular flexibility index (Phi) is 2.59. The zero-order valence-corrected chi connectivity index (χ0v) is 9.21. The van der Waals surface area contributed by atoms with E-state index in [9.17, 15) is 4.79 Å². The first kappa shape index (κ1) is 9.08. The summed E-state index contributed by atoms with van der Waals surface area (Å²) in [7, 11) is 0. The maximum atomic E-state index is 11.5. The van der Waals surface area contributed by atoms with E-state index in [4.69, 9.17) is 0 Å². The molecule has 13 heavy (non-hydrogen) atoms. The van der Waals surface area contributed by atoms with Gasteiger partial charge < -0.3 is 0 Å². The lowest BCUT2D eigenvalue weighted by Crippen LogP contribution is -2.24. The van der Waals surface area contributed by atoms with Gasteiger partial charge in [-0.15, -0.1) is 10.2 Å². The molecule has 1 fully saturated rings. The van der Waals surface area contributed by atoms with Crippen LogP contribution in [0.4, 0.5) is 5.13 Å². The Hall–Kier alpha value is -0.490. The van der Waals surface area contributed by atoms with Crippen molar-refractivity contribution < 1.29 is 4.79 Å². The van der Waals surface area contributed by atoms with Gasteiger partial charge in [-0.3, -0.25) is 9.69 Å². The molecule has 1 aromatic rings. The van der Waals surface area contributed by atoms with Crippen molar-refractivity contribution in [1.82, 2.24) is 10.2 Å². The molecule has 0 saturated carbocycles. The zero-order chi connectivity index (χ0) is 9.26. The van der Waals surface area contributed by atoms with Crippen LogP contribution in [0.3, 0.4) is 0 Å². The topological polar surface area (TPSA) is 46.1 Å². The van der Waals surface area contributed by atoms with Gasteiger partial charge in [-0.2, -0.15) is 0 Å². The number of carbonyl (C=O) groups excluding carboxylic acids is 1. The number of amides is 1. The molecule has 1 amide bonds. The summed E-state index contributed by atoms with van der Waals surface area (Å²) in [6, 6.07) is 0. The molecule has 0 spiro atoms. The number of anilines is 1. The molecule has 6 heteroatoms. The van der Waals surface area contributed by atoms with E-state index in [-0.39, 0.29) is 5.91 Å². The Bertz CT molecular complexity index is 303. The van der Waals surface area contributed by atoms with E-state index < -0.39 is 0 Å². The highest BCUT2D eigenvalue weighted by Crippen LogP contribution is 2.26. The average molecular weight is 262 g/mol. The van der Waals surface area contributed by atoms with Crippen LogP contribution in [0.1, 0.15) is 6.42 Å². The van der Waals surface area contributed by atoms with Crippen molar-refractivity contribution in [1.29, 1.82) is 0 Å². The minimum atomic E-state index is 0.154. The van der Waals surface area contributed by atoms with Crippen LogP contribution in [0.15, 0.2) is 5.51 Å². The second kappa shape index (κ2) is 3.71. The molecule has 0 bridgehead atoms. The van der Waals surface area contributed by atoms with Gasteiger partial charge in [-0.25, -0.2) is 0 Å². The van der Waals surface area contributed by atoms with Gasteiger partial charge in [0.15, 0.2) is 0 Å². The summed E-state index contributed by atoms with van der Waals surface area (Å²) in [6.45, 7) is 0.763. The first-order valence-electron chi connectivity index (χ1n) is 3.93. The first-order chi connectivity index (χ1) is 6.31. The SMILES string of the molecule is O=C1CC(CBr)CN1c1nncs1. The van der Waals surface area contributed by atoms with Gasteiger partial charge in [0.05, 0.1) is 0 Å². The van der Waals surface area contributed by atoms with E-state index in [0.717, 1.165) is 11.9 Å². The third-order valence-electron chi connectivity index (χ3n) is 2.00. The van der Waals surface area contributed by atoms with Crippen LogP contribution in [0.5, 0.6) is 0 Å². The highest BCUT2D eigenvalue weighted by Gasteiger charge is 2.31. The Balaban J connectivity index is 2.14. The van der Waals surface area contributed by atoms with Crippen LogP contribution in [0, 0.1) is 5.92 Å². The van der Waals surface area contributed by atoms with Crippen LogP contribution in [0.25, 0.3) is 0 Å². The second-order valence-corrected chi connectivity index (χ2v) is 4.41. The molecular formula is C7H8BrN3OS. The average Bonchev–Trinajstić information content (AvgIpc) is 2.72. The van der Waals surface area contributed by atoms with Crippen LogP contribution in [-0.4, -0.2) is 28.0 Å². The maximum absolute atomic E-state index is 11.5. The van der Waals surface area contributed by atoms with Gasteiger partial charge in [-0.1, -0.05) is 27.3 Å². The quantitative estimate of drug-likeness (QED) is 0.754. The molecule has 1 atom stereocenters. The summed E-state index contributed by atoms with van der Waals surface area (Å²) in [4.78, 5) is 13.2. The summed E-state index contributed by atoms with van der Waals surface area (Å²) >= 11 is 4.79. The third kappa shape index (κ3) is 1.73. The van der Waals surface area contributed by atoms with Gasteiger partial charge in [0.1, 0.15) is 5.51 Å². The molecule has 2 heterocycles. The molecule has 0 N–H and O–H groups in total. The normalized spacial score (nSPS) is 22.7. The molecule has 2 rings (SSSR count). The van der Waals surface area contributed by atoms with Crippen molar-refractivity contribution in [3.8, 4) is 0 Å². The number of hydrogen-bond donors (Lipinski definition) is 0. The summed E-state index contributed by atoms with van der Waals surface area (Å²) < 4.78 is 0. The van der Waals surface area contributed by atoms with E-state index >= 15 is 0 Å². The highest BCUT2D eigenvalue weighted by atomic mass is 79.9. The lowest BCUT2D eigenvalue weighted by molar-refractivity contribution is -0.117. The van der Waals surface area contributed by atoms with Crippen LogP contribution < -0.4 is 4.90 Å². The fourth-order valence-corrected chi connectivity index (χ4v) is 2.37. The predicted octanol–water partition coefficient (Wildman–Crippen LogP) is 1.29. The highest BCUT2D eigenvalue weighted by molar-refractivity contribution is 9.09. The largest absolute Gasteiger partial charge is 0.286 e. The molecule has 1 aliphatic heterocycles. The van der Waals surface area contributed by atoms with Crippen LogP contribution >= 0.6 is 27.3 Å². The summed E-state index contributed by atoms with van der Waals surface area (Å²) in [6.07, 6.45) is 0.616. The van der Waals surface area contributed by atoms with Crippen LogP contribution in [0.2, 0.25) is 0 Å². The Morgan fingerprint density at radius 1 is 1.77 bits per heavy atom. The lowest BCUT2D eigenvalue weighted by atomic mass is 10.2. The van der Waals surface area contributed by atoms with Crippen LogP contribution in [-0.2, 0) is 4.79 Å². The number of alkyl halides is 1. The molecule has 1 saturated heterocycles. The van der Waals surface area contributed by atoms with Gasteiger partial charge in [0, 0.05) is 18.3 Å². The number of halogens is 1. The number of nitrogens with zero attached hydrogens (tertiary/aromatic N) is 3. The molecule has 70 valence electrons. The van der Waals surface area contributed by atoms with Crippen molar-refractivity contribution in [2.45, 2.75) is 6.42 Å². The van der Waals surface area contributed by atoms with E-state index in [1.165, 1.54) is 11.3 Å². The molecule has 0 radical (unpaired) electrons. The Labute approximate surface area is 88.1 Å².